The van der Waals surface area contributed by atoms with Gasteiger partial charge in [0.1, 0.15) is 0 Å². The molecule has 0 heterocycles. The Kier molecular flexibility index (Phi) is 7.62. The third kappa shape index (κ3) is 5.06. The van der Waals surface area contributed by atoms with Gasteiger partial charge < -0.3 is 5.73 Å². The van der Waals surface area contributed by atoms with Crippen molar-refractivity contribution in [2.24, 2.45) is 5.73 Å². The van der Waals surface area contributed by atoms with Gasteiger partial charge in [0.2, 0.25) is 0 Å². The zero-order chi connectivity index (χ0) is 35.4. The number of benzene rings is 7. The fourth-order valence-corrected chi connectivity index (χ4v) is 9.54. The Labute approximate surface area is 312 Å². The predicted octanol–water partition coefficient (Wildman–Crippen LogP) is 12.7. The van der Waals surface area contributed by atoms with Crippen LogP contribution in [0.25, 0.3) is 44.3 Å². The number of rotatable bonds is 7. The van der Waals surface area contributed by atoms with E-state index in [4.69, 9.17) is 5.73 Å². The molecule has 0 aromatic heterocycles. The van der Waals surface area contributed by atoms with E-state index in [0.717, 1.165) is 36.9 Å². The van der Waals surface area contributed by atoms with Crippen LogP contribution in [-0.2, 0) is 11.8 Å². The molecule has 7 aromatic carbocycles. The van der Waals surface area contributed by atoms with E-state index >= 15 is 0 Å². The number of allylic oxidation sites excluding steroid dienone is 5. The Morgan fingerprint density at radius 3 is 2.23 bits per heavy atom. The number of aryl methyl sites for hydroxylation is 1. The molecule has 0 fully saturated rings. The van der Waals surface area contributed by atoms with Gasteiger partial charge in [-0.3, -0.25) is 0 Å². The summed E-state index contributed by atoms with van der Waals surface area (Å²) in [5.41, 5.74) is 24.7. The molecule has 7 aromatic rings. The van der Waals surface area contributed by atoms with Gasteiger partial charge in [0, 0.05) is 11.6 Å². The molecule has 3 aliphatic carbocycles. The quantitative estimate of drug-likeness (QED) is 0.178. The minimum absolute atomic E-state index is 0.191. The van der Waals surface area contributed by atoms with Crippen LogP contribution in [0.1, 0.15) is 64.1 Å². The predicted molar refractivity (Wildman–Crippen MR) is 223 cm³/mol. The van der Waals surface area contributed by atoms with Gasteiger partial charge in [-0.25, -0.2) is 0 Å². The lowest BCUT2D eigenvalue weighted by atomic mass is 9.68. The van der Waals surface area contributed by atoms with Gasteiger partial charge in [-0.1, -0.05) is 176 Å². The number of hydrogen-bond acceptors (Lipinski definition) is 1. The Hall–Kier alpha value is -6.18. The van der Waals surface area contributed by atoms with E-state index < -0.39 is 0 Å². The molecule has 2 N–H and O–H groups in total. The Morgan fingerprint density at radius 2 is 1.38 bits per heavy atom. The second-order valence-corrected chi connectivity index (χ2v) is 14.8. The highest BCUT2D eigenvalue weighted by atomic mass is 14.6. The standard InChI is InChI=1S/C52H41N/c53-50(39-16-5-2-6-17-39)34-41(24-23-35-13-3-1-4-14-35)37-27-25-36(26-28-37)40-29-31-44-43-19-9-11-21-46(43)52(49(44)33-40)47-22-12-10-20-45(47)51-42-18-8-7-15-38(42)30-32-48(51)52/h1-8,10-18,20-22,25-34,41H,9,19,23-24,53H2/b50-34-. The van der Waals surface area contributed by atoms with Crippen molar-refractivity contribution in [2.75, 3.05) is 0 Å². The lowest BCUT2D eigenvalue weighted by molar-refractivity contribution is 0.736. The SMILES string of the molecule is N/C(=C\C(CCc1ccccc1)c1ccc(-c2ccc3c(c2)C2(C4=C3CCC=C4)c3ccccc3-c3c2ccc2ccccc32)cc1)c1ccccc1. The molecule has 1 heteroatoms. The average molecular weight is 680 g/mol. The maximum atomic E-state index is 6.73. The largest absolute Gasteiger partial charge is 0.398 e. The molecule has 0 amide bonds. The minimum atomic E-state index is -0.338. The molecule has 254 valence electrons. The fourth-order valence-electron chi connectivity index (χ4n) is 9.54. The maximum Gasteiger partial charge on any atom is 0.0722 e. The van der Waals surface area contributed by atoms with Crippen LogP contribution in [0.3, 0.4) is 0 Å². The molecule has 1 nitrogen and oxygen atoms in total. The van der Waals surface area contributed by atoms with E-state index in [2.05, 4.69) is 176 Å². The minimum Gasteiger partial charge on any atom is -0.398 e. The Morgan fingerprint density at radius 1 is 0.642 bits per heavy atom. The van der Waals surface area contributed by atoms with Gasteiger partial charge in [-0.2, -0.15) is 0 Å². The van der Waals surface area contributed by atoms with E-state index in [1.165, 1.54) is 77.6 Å². The third-order valence-corrected chi connectivity index (χ3v) is 12.0. The molecule has 2 atom stereocenters. The van der Waals surface area contributed by atoms with Crippen LogP contribution in [0, 0.1) is 0 Å². The Balaban J connectivity index is 1.08. The van der Waals surface area contributed by atoms with Crippen LogP contribution in [0.15, 0.2) is 188 Å². The lowest BCUT2D eigenvalue weighted by Gasteiger charge is -2.32. The zero-order valence-corrected chi connectivity index (χ0v) is 29.8. The van der Waals surface area contributed by atoms with Crippen LogP contribution >= 0.6 is 0 Å². The van der Waals surface area contributed by atoms with Gasteiger partial charge in [0.25, 0.3) is 0 Å². The van der Waals surface area contributed by atoms with Crippen molar-refractivity contribution in [3.05, 3.63) is 227 Å². The van der Waals surface area contributed by atoms with Crippen LogP contribution in [0.2, 0.25) is 0 Å². The second-order valence-electron chi connectivity index (χ2n) is 14.8. The highest BCUT2D eigenvalue weighted by Gasteiger charge is 2.52. The summed E-state index contributed by atoms with van der Waals surface area (Å²) in [6.07, 6.45) is 11.2. The molecule has 3 aliphatic rings. The van der Waals surface area contributed by atoms with Crippen molar-refractivity contribution in [3.8, 4) is 22.3 Å². The normalized spacial score (nSPS) is 17.5. The second kappa shape index (κ2) is 12.8. The van der Waals surface area contributed by atoms with E-state index in [1.54, 1.807) is 0 Å². The smallest absolute Gasteiger partial charge is 0.0722 e. The van der Waals surface area contributed by atoms with Crippen molar-refractivity contribution < 1.29 is 0 Å². The first kappa shape index (κ1) is 31.5. The summed E-state index contributed by atoms with van der Waals surface area (Å²) < 4.78 is 0. The molecule has 2 unspecified atom stereocenters. The fraction of sp³-hybridized carbons (Fsp3) is 0.115. The molecule has 0 radical (unpaired) electrons. The average Bonchev–Trinajstić information content (AvgIpc) is 3.70. The van der Waals surface area contributed by atoms with E-state index in [0.29, 0.717) is 0 Å². The Bertz CT molecular complexity index is 2610. The van der Waals surface area contributed by atoms with Crippen molar-refractivity contribution in [1.82, 2.24) is 0 Å². The van der Waals surface area contributed by atoms with Crippen LogP contribution in [-0.4, -0.2) is 0 Å². The first-order chi connectivity index (χ1) is 26.2. The molecule has 0 saturated heterocycles. The summed E-state index contributed by atoms with van der Waals surface area (Å²) >= 11 is 0. The highest BCUT2D eigenvalue weighted by Crippen LogP contribution is 2.64. The van der Waals surface area contributed by atoms with Gasteiger partial charge in [0.15, 0.2) is 0 Å². The van der Waals surface area contributed by atoms with Crippen molar-refractivity contribution >= 4 is 22.0 Å². The summed E-state index contributed by atoms with van der Waals surface area (Å²) in [7, 11) is 0. The maximum absolute atomic E-state index is 6.73. The number of fused-ring (bicyclic) bond motifs is 11. The molecule has 53 heavy (non-hydrogen) atoms. The van der Waals surface area contributed by atoms with E-state index in [9.17, 15) is 0 Å². The molecule has 0 saturated carbocycles. The topological polar surface area (TPSA) is 26.0 Å². The van der Waals surface area contributed by atoms with Gasteiger partial charge >= 0.3 is 0 Å². The van der Waals surface area contributed by atoms with Gasteiger partial charge in [-0.15, -0.1) is 0 Å². The lowest BCUT2D eigenvalue weighted by Crippen LogP contribution is -2.27. The third-order valence-electron chi connectivity index (χ3n) is 12.0. The summed E-state index contributed by atoms with van der Waals surface area (Å²) in [6.45, 7) is 0. The summed E-state index contributed by atoms with van der Waals surface area (Å²) in [4.78, 5) is 0. The van der Waals surface area contributed by atoms with Gasteiger partial charge in [0.05, 0.1) is 5.41 Å². The first-order valence-electron chi connectivity index (χ1n) is 19.0. The summed E-state index contributed by atoms with van der Waals surface area (Å²) in [6, 6.07) is 60.5. The van der Waals surface area contributed by atoms with Crippen LogP contribution in [0.4, 0.5) is 0 Å². The van der Waals surface area contributed by atoms with Crippen molar-refractivity contribution in [2.45, 2.75) is 37.0 Å². The summed E-state index contributed by atoms with van der Waals surface area (Å²) in [5, 5.41) is 2.63. The van der Waals surface area contributed by atoms with Crippen molar-refractivity contribution in [3.63, 3.8) is 0 Å². The summed E-state index contributed by atoms with van der Waals surface area (Å²) in [5.74, 6) is 0.191. The number of nitrogens with two attached hydrogens (primary N) is 1. The van der Waals surface area contributed by atoms with Crippen LogP contribution in [0.5, 0.6) is 0 Å². The monoisotopic (exact) mass is 679 g/mol. The van der Waals surface area contributed by atoms with Gasteiger partial charge in [-0.05, 0) is 115 Å². The number of hydrogen-bond donors (Lipinski definition) is 1. The van der Waals surface area contributed by atoms with Crippen molar-refractivity contribution in [1.29, 1.82) is 0 Å². The highest BCUT2D eigenvalue weighted by molar-refractivity contribution is 6.06. The molecule has 0 aliphatic heterocycles. The van der Waals surface area contributed by atoms with E-state index in [-0.39, 0.29) is 11.3 Å². The molecule has 10 rings (SSSR count). The molecular weight excluding hydrogens is 639 g/mol. The van der Waals surface area contributed by atoms with Crippen LogP contribution < -0.4 is 5.73 Å². The molecule has 1 spiro atoms. The first-order valence-corrected chi connectivity index (χ1v) is 19.0. The van der Waals surface area contributed by atoms with E-state index in [1.807, 2.05) is 6.07 Å². The molecular formula is C52H41N. The molecule has 0 bridgehead atoms. The zero-order valence-electron chi connectivity index (χ0n) is 29.8.